The van der Waals surface area contributed by atoms with Gasteiger partial charge in [-0.3, -0.25) is 4.79 Å². The molecule has 0 rings (SSSR count). The summed E-state index contributed by atoms with van der Waals surface area (Å²) < 4.78 is 24.7. The van der Waals surface area contributed by atoms with Gasteiger partial charge >= 0.3 is 10.8 Å². The summed E-state index contributed by atoms with van der Waals surface area (Å²) in [7, 11) is 0. The summed E-state index contributed by atoms with van der Waals surface area (Å²) >= 11 is 4.94. The van der Waals surface area contributed by atoms with Crippen molar-refractivity contribution in [3.63, 3.8) is 0 Å². The Morgan fingerprint density at radius 3 is 2.42 bits per heavy atom. The van der Waals surface area contributed by atoms with Gasteiger partial charge in [-0.2, -0.15) is 8.78 Å². The summed E-state index contributed by atoms with van der Waals surface area (Å²) in [5.74, 6) is -0.965. The van der Waals surface area contributed by atoms with Crippen LogP contribution in [0, 0.1) is 0 Å². The van der Waals surface area contributed by atoms with Crippen LogP contribution in [0.5, 0.6) is 0 Å². The Bertz CT molecular complexity index is 158. The molecule has 0 aromatic rings. The molecule has 12 heavy (non-hydrogen) atoms. The Kier molecular flexibility index (Phi) is 5.24. The van der Waals surface area contributed by atoms with Crippen LogP contribution < -0.4 is 0 Å². The maximum absolute atomic E-state index is 12.4. The van der Waals surface area contributed by atoms with E-state index in [0.29, 0.717) is 0 Å². The number of hydrogen-bond donors (Lipinski definition) is 1. The summed E-state index contributed by atoms with van der Waals surface area (Å²) in [5.41, 5.74) is 0. The van der Waals surface area contributed by atoms with E-state index >= 15 is 0 Å². The number of carbonyl (C=O) groups is 1. The van der Waals surface area contributed by atoms with Crippen LogP contribution in [0.3, 0.4) is 0 Å². The zero-order chi connectivity index (χ0) is 9.78. The second-order valence-electron chi connectivity index (χ2n) is 2.30. The van der Waals surface area contributed by atoms with Gasteiger partial charge in [0.25, 0.3) is 0 Å². The molecule has 0 saturated heterocycles. The van der Waals surface area contributed by atoms with Gasteiger partial charge in [0.1, 0.15) is 0 Å². The molecule has 0 fully saturated rings. The predicted molar refractivity (Wildman–Crippen MR) is 48.1 cm³/mol. The van der Waals surface area contributed by atoms with Crippen LogP contribution in [0.25, 0.3) is 0 Å². The number of rotatable bonds is 5. The van der Waals surface area contributed by atoms with Crippen molar-refractivity contribution in [3.8, 4) is 0 Å². The molecule has 0 aliphatic carbocycles. The highest BCUT2D eigenvalue weighted by atomic mass is 79.9. The maximum Gasteiger partial charge on any atom is 0.313 e. The van der Waals surface area contributed by atoms with Crippen molar-refractivity contribution < 1.29 is 18.7 Å². The van der Waals surface area contributed by atoms with Crippen molar-refractivity contribution >= 4 is 37.8 Å². The average molecular weight is 310 g/mol. The molecule has 0 radical (unpaired) electrons. The average Bonchev–Trinajstić information content (AvgIpc) is 1.84. The highest BCUT2D eigenvalue weighted by molar-refractivity contribution is 9.12. The van der Waals surface area contributed by atoms with Gasteiger partial charge < -0.3 is 5.11 Å². The molecule has 0 bridgehead atoms. The SMILES string of the molecule is O=C(O)CCCC(Br)C(F)(F)Br. The minimum absolute atomic E-state index is 0.0782. The second-order valence-corrected chi connectivity index (χ2v) is 4.46. The summed E-state index contributed by atoms with van der Waals surface area (Å²) in [6, 6.07) is 0. The molecule has 0 aliphatic heterocycles. The van der Waals surface area contributed by atoms with Gasteiger partial charge in [-0.15, -0.1) is 0 Å². The Labute approximate surface area is 85.6 Å². The monoisotopic (exact) mass is 308 g/mol. The number of hydrogen-bond acceptors (Lipinski definition) is 1. The van der Waals surface area contributed by atoms with Crippen LogP contribution in [0.4, 0.5) is 8.78 Å². The standard InChI is InChI=1S/C6H8Br2F2O2/c7-4(6(8,9)10)2-1-3-5(11)12/h4H,1-3H2,(H,11,12). The molecule has 1 unspecified atom stereocenters. The molecule has 0 aromatic carbocycles. The van der Waals surface area contributed by atoms with Crippen LogP contribution in [-0.2, 0) is 4.79 Å². The molecule has 1 atom stereocenters. The van der Waals surface area contributed by atoms with Gasteiger partial charge in [-0.1, -0.05) is 15.9 Å². The summed E-state index contributed by atoms with van der Waals surface area (Å²) in [6.07, 6.45) is 0.294. The zero-order valence-electron chi connectivity index (χ0n) is 6.07. The number of carboxylic acids is 1. The highest BCUT2D eigenvalue weighted by Crippen LogP contribution is 2.34. The fourth-order valence-electron chi connectivity index (χ4n) is 0.596. The lowest BCUT2D eigenvalue weighted by atomic mass is 10.2. The number of halogens is 4. The third-order valence-corrected chi connectivity index (χ3v) is 3.40. The molecule has 2 nitrogen and oxygen atoms in total. The molecule has 0 spiro atoms. The minimum atomic E-state index is -2.97. The molecular formula is C6H8Br2F2O2. The Morgan fingerprint density at radius 1 is 1.58 bits per heavy atom. The first kappa shape index (κ1) is 12.3. The second kappa shape index (κ2) is 5.11. The normalized spacial score (nSPS) is 14.3. The molecular weight excluding hydrogens is 302 g/mol. The number of aliphatic carboxylic acids is 1. The van der Waals surface area contributed by atoms with Gasteiger partial charge in [0.05, 0.1) is 4.83 Å². The van der Waals surface area contributed by atoms with Gasteiger partial charge in [-0.25, -0.2) is 0 Å². The van der Waals surface area contributed by atoms with E-state index in [2.05, 4.69) is 31.9 Å². The van der Waals surface area contributed by atoms with Gasteiger partial charge in [0.15, 0.2) is 0 Å². The third kappa shape index (κ3) is 5.88. The van der Waals surface area contributed by atoms with E-state index in [1.54, 1.807) is 0 Å². The minimum Gasteiger partial charge on any atom is -0.481 e. The predicted octanol–water partition coefficient (Wildman–Crippen LogP) is 2.99. The van der Waals surface area contributed by atoms with Crippen molar-refractivity contribution in [2.24, 2.45) is 0 Å². The van der Waals surface area contributed by atoms with E-state index in [-0.39, 0.29) is 19.3 Å². The van der Waals surface area contributed by atoms with E-state index in [1.165, 1.54) is 0 Å². The lowest BCUT2D eigenvalue weighted by molar-refractivity contribution is -0.137. The fourth-order valence-corrected chi connectivity index (χ4v) is 1.15. The first-order valence-corrected chi connectivity index (χ1v) is 4.97. The van der Waals surface area contributed by atoms with Crippen molar-refractivity contribution in [2.45, 2.75) is 28.9 Å². The summed E-state index contributed by atoms with van der Waals surface area (Å²) in [5, 5.41) is 8.21. The smallest absolute Gasteiger partial charge is 0.313 e. The molecule has 0 aliphatic rings. The summed E-state index contributed by atoms with van der Waals surface area (Å²) in [6.45, 7) is 0. The third-order valence-electron chi connectivity index (χ3n) is 1.20. The van der Waals surface area contributed by atoms with E-state index in [1.807, 2.05) is 0 Å². The van der Waals surface area contributed by atoms with E-state index < -0.39 is 15.6 Å². The lowest BCUT2D eigenvalue weighted by Crippen LogP contribution is -2.20. The van der Waals surface area contributed by atoms with E-state index in [0.717, 1.165) is 0 Å². The van der Waals surface area contributed by atoms with E-state index in [9.17, 15) is 13.6 Å². The topological polar surface area (TPSA) is 37.3 Å². The first-order valence-electron chi connectivity index (χ1n) is 3.26. The molecule has 0 aromatic heterocycles. The number of carboxylic acid groups (broad SMARTS) is 1. The van der Waals surface area contributed by atoms with Crippen LogP contribution in [0.15, 0.2) is 0 Å². The number of alkyl halides is 4. The van der Waals surface area contributed by atoms with E-state index in [4.69, 9.17) is 5.11 Å². The zero-order valence-corrected chi connectivity index (χ0v) is 9.24. The van der Waals surface area contributed by atoms with Crippen LogP contribution in [0.2, 0.25) is 0 Å². The molecule has 1 N–H and O–H groups in total. The quantitative estimate of drug-likeness (QED) is 0.793. The van der Waals surface area contributed by atoms with Crippen molar-refractivity contribution in [1.29, 1.82) is 0 Å². The van der Waals surface area contributed by atoms with Crippen LogP contribution in [-0.4, -0.2) is 20.7 Å². The van der Waals surface area contributed by atoms with Crippen molar-refractivity contribution in [1.82, 2.24) is 0 Å². The molecule has 72 valence electrons. The van der Waals surface area contributed by atoms with Gasteiger partial charge in [-0.05, 0) is 28.8 Å². The van der Waals surface area contributed by atoms with Crippen LogP contribution in [0.1, 0.15) is 19.3 Å². The van der Waals surface area contributed by atoms with Gasteiger partial charge in [0, 0.05) is 6.42 Å². The summed E-state index contributed by atoms with van der Waals surface area (Å²) in [4.78, 5) is 6.04. The maximum atomic E-state index is 12.4. The first-order chi connectivity index (χ1) is 5.34. The molecule has 0 amide bonds. The van der Waals surface area contributed by atoms with Crippen molar-refractivity contribution in [3.05, 3.63) is 0 Å². The Morgan fingerprint density at radius 2 is 2.08 bits per heavy atom. The lowest BCUT2D eigenvalue weighted by Gasteiger charge is -2.14. The molecule has 0 heterocycles. The Balaban J connectivity index is 3.58. The molecule has 6 heteroatoms. The fraction of sp³-hybridized carbons (Fsp3) is 0.833. The van der Waals surface area contributed by atoms with Crippen LogP contribution >= 0.6 is 31.9 Å². The van der Waals surface area contributed by atoms with Gasteiger partial charge in [0.2, 0.25) is 0 Å². The Hall–Kier alpha value is 0.290. The molecule has 0 saturated carbocycles. The van der Waals surface area contributed by atoms with Crippen molar-refractivity contribution in [2.75, 3.05) is 0 Å². The highest BCUT2D eigenvalue weighted by Gasteiger charge is 2.33. The largest absolute Gasteiger partial charge is 0.481 e.